The SMILES string of the molecule is CCOC(=O)CN1CCN(c2c(-c3ccccc3)cc(C)[nH]c2=O)C1=O. The van der Waals surface area contributed by atoms with Gasteiger partial charge in [-0.3, -0.25) is 14.5 Å². The molecule has 1 N–H and O–H groups in total. The van der Waals surface area contributed by atoms with Crippen LogP contribution < -0.4 is 10.5 Å². The van der Waals surface area contributed by atoms with Gasteiger partial charge in [-0.2, -0.15) is 0 Å². The lowest BCUT2D eigenvalue weighted by atomic mass is 10.0. The van der Waals surface area contributed by atoms with Crippen molar-refractivity contribution in [3.8, 4) is 11.1 Å². The van der Waals surface area contributed by atoms with Gasteiger partial charge in [-0.05, 0) is 25.5 Å². The number of nitrogens with one attached hydrogen (secondary N) is 1. The molecule has 7 nitrogen and oxygen atoms in total. The number of aromatic amines is 1. The molecule has 1 aromatic heterocycles. The smallest absolute Gasteiger partial charge is 0.325 e. The first-order valence-corrected chi connectivity index (χ1v) is 8.52. The highest BCUT2D eigenvalue weighted by atomic mass is 16.5. The largest absolute Gasteiger partial charge is 0.465 e. The number of carbonyl (C=O) groups excluding carboxylic acids is 2. The summed E-state index contributed by atoms with van der Waals surface area (Å²) < 4.78 is 4.91. The quantitative estimate of drug-likeness (QED) is 0.833. The van der Waals surface area contributed by atoms with Gasteiger partial charge in [0.25, 0.3) is 5.56 Å². The number of esters is 1. The van der Waals surface area contributed by atoms with Crippen LogP contribution in [0.2, 0.25) is 0 Å². The van der Waals surface area contributed by atoms with Crippen LogP contribution in [0.1, 0.15) is 12.6 Å². The number of aromatic nitrogens is 1. The Morgan fingerprint density at radius 3 is 2.62 bits per heavy atom. The fraction of sp³-hybridized carbons (Fsp3) is 0.316. The first-order valence-electron chi connectivity index (χ1n) is 8.52. The average molecular weight is 355 g/mol. The summed E-state index contributed by atoms with van der Waals surface area (Å²) >= 11 is 0. The molecule has 1 aliphatic heterocycles. The Balaban J connectivity index is 1.96. The molecule has 2 amide bonds. The molecule has 0 bridgehead atoms. The van der Waals surface area contributed by atoms with Crippen molar-refractivity contribution in [1.29, 1.82) is 0 Å². The standard InChI is InChI=1S/C19H21N3O4/c1-3-26-16(23)12-21-9-10-22(19(21)25)17-15(11-13(2)20-18(17)24)14-7-5-4-6-8-14/h4-8,11H,3,9-10,12H2,1-2H3,(H,20,24). The Bertz CT molecular complexity index is 876. The van der Waals surface area contributed by atoms with E-state index in [0.717, 1.165) is 5.56 Å². The van der Waals surface area contributed by atoms with E-state index in [2.05, 4.69) is 4.98 Å². The number of amides is 2. The Kier molecular flexibility index (Phi) is 5.06. The summed E-state index contributed by atoms with van der Waals surface area (Å²) in [4.78, 5) is 42.7. The number of H-pyrrole nitrogens is 1. The topological polar surface area (TPSA) is 82.7 Å². The average Bonchev–Trinajstić information content (AvgIpc) is 2.96. The van der Waals surface area contributed by atoms with Crippen LogP contribution in [0.4, 0.5) is 10.5 Å². The number of nitrogens with zero attached hydrogens (tertiary/aromatic N) is 2. The maximum absolute atomic E-state index is 12.8. The summed E-state index contributed by atoms with van der Waals surface area (Å²) in [6, 6.07) is 10.9. The second-order valence-corrected chi connectivity index (χ2v) is 6.07. The third-order valence-corrected chi connectivity index (χ3v) is 4.22. The molecular weight excluding hydrogens is 334 g/mol. The van der Waals surface area contributed by atoms with Gasteiger partial charge in [0.1, 0.15) is 12.2 Å². The van der Waals surface area contributed by atoms with Crippen molar-refractivity contribution < 1.29 is 14.3 Å². The molecule has 136 valence electrons. The summed E-state index contributed by atoms with van der Waals surface area (Å²) in [5.74, 6) is -0.455. The molecule has 0 radical (unpaired) electrons. The Morgan fingerprint density at radius 1 is 1.19 bits per heavy atom. The highest BCUT2D eigenvalue weighted by Gasteiger charge is 2.34. The Labute approximate surface area is 151 Å². The number of pyridine rings is 1. The molecular formula is C19H21N3O4. The fourth-order valence-electron chi connectivity index (χ4n) is 3.09. The third kappa shape index (κ3) is 3.46. The van der Waals surface area contributed by atoms with E-state index in [-0.39, 0.29) is 24.7 Å². The Hall–Kier alpha value is -3.09. The van der Waals surface area contributed by atoms with Gasteiger partial charge in [0, 0.05) is 24.3 Å². The monoisotopic (exact) mass is 355 g/mol. The summed E-state index contributed by atoms with van der Waals surface area (Å²) in [6.07, 6.45) is 0. The number of anilines is 1. The zero-order valence-electron chi connectivity index (χ0n) is 14.8. The number of rotatable bonds is 5. The first kappa shape index (κ1) is 17.7. The lowest BCUT2D eigenvalue weighted by Crippen LogP contribution is -2.38. The number of ether oxygens (including phenoxy) is 1. The second-order valence-electron chi connectivity index (χ2n) is 6.07. The van der Waals surface area contributed by atoms with Crippen molar-refractivity contribution in [2.24, 2.45) is 0 Å². The van der Waals surface area contributed by atoms with E-state index in [1.165, 1.54) is 9.80 Å². The van der Waals surface area contributed by atoms with Crippen molar-refractivity contribution in [2.75, 3.05) is 31.1 Å². The molecule has 1 aliphatic rings. The normalized spacial score (nSPS) is 14.0. The highest BCUT2D eigenvalue weighted by molar-refractivity contribution is 5.99. The minimum absolute atomic E-state index is 0.117. The number of aryl methyl sites for hydroxylation is 1. The molecule has 0 spiro atoms. The zero-order chi connectivity index (χ0) is 18.7. The fourth-order valence-corrected chi connectivity index (χ4v) is 3.09. The zero-order valence-corrected chi connectivity index (χ0v) is 14.8. The van der Waals surface area contributed by atoms with Crippen LogP contribution >= 0.6 is 0 Å². The van der Waals surface area contributed by atoms with E-state index < -0.39 is 5.97 Å². The second kappa shape index (κ2) is 7.43. The van der Waals surface area contributed by atoms with Gasteiger partial charge in [-0.25, -0.2) is 4.79 Å². The summed E-state index contributed by atoms with van der Waals surface area (Å²) in [6.45, 7) is 4.36. The van der Waals surface area contributed by atoms with Crippen molar-refractivity contribution in [3.05, 3.63) is 52.4 Å². The summed E-state index contributed by atoms with van der Waals surface area (Å²) in [5, 5.41) is 0. The molecule has 26 heavy (non-hydrogen) atoms. The lowest BCUT2D eigenvalue weighted by molar-refractivity contribution is -0.143. The molecule has 2 aromatic rings. The number of urea groups is 1. The van der Waals surface area contributed by atoms with E-state index in [9.17, 15) is 14.4 Å². The molecule has 1 fully saturated rings. The Morgan fingerprint density at radius 2 is 1.92 bits per heavy atom. The molecule has 0 atom stereocenters. The molecule has 3 rings (SSSR count). The van der Waals surface area contributed by atoms with Crippen LogP contribution in [-0.2, 0) is 9.53 Å². The molecule has 0 unspecified atom stereocenters. The predicted octanol–water partition coefficient (Wildman–Crippen LogP) is 2.16. The van der Waals surface area contributed by atoms with Crippen LogP contribution in [0.3, 0.4) is 0 Å². The van der Waals surface area contributed by atoms with Gasteiger partial charge >= 0.3 is 12.0 Å². The van der Waals surface area contributed by atoms with Gasteiger partial charge in [-0.1, -0.05) is 30.3 Å². The molecule has 0 aliphatic carbocycles. The van der Waals surface area contributed by atoms with E-state index in [4.69, 9.17) is 4.74 Å². The molecule has 7 heteroatoms. The van der Waals surface area contributed by atoms with Crippen molar-refractivity contribution >= 4 is 17.7 Å². The van der Waals surface area contributed by atoms with E-state index in [0.29, 0.717) is 30.0 Å². The number of hydrogen-bond donors (Lipinski definition) is 1. The van der Waals surface area contributed by atoms with E-state index >= 15 is 0 Å². The maximum Gasteiger partial charge on any atom is 0.325 e. The molecule has 1 aromatic carbocycles. The van der Waals surface area contributed by atoms with Crippen LogP contribution in [0.5, 0.6) is 0 Å². The van der Waals surface area contributed by atoms with Crippen molar-refractivity contribution in [3.63, 3.8) is 0 Å². The third-order valence-electron chi connectivity index (χ3n) is 4.22. The number of hydrogen-bond acceptors (Lipinski definition) is 4. The van der Waals surface area contributed by atoms with E-state index in [1.807, 2.05) is 36.4 Å². The first-order chi connectivity index (χ1) is 12.5. The van der Waals surface area contributed by atoms with Gasteiger partial charge in [0.2, 0.25) is 0 Å². The van der Waals surface area contributed by atoms with Crippen LogP contribution in [0.25, 0.3) is 11.1 Å². The minimum Gasteiger partial charge on any atom is -0.465 e. The highest BCUT2D eigenvalue weighted by Crippen LogP contribution is 2.30. The van der Waals surface area contributed by atoms with Crippen molar-refractivity contribution in [2.45, 2.75) is 13.8 Å². The molecule has 1 saturated heterocycles. The minimum atomic E-state index is -0.455. The summed E-state index contributed by atoms with van der Waals surface area (Å²) in [5.41, 5.74) is 2.24. The van der Waals surface area contributed by atoms with Crippen LogP contribution in [0.15, 0.2) is 41.2 Å². The van der Waals surface area contributed by atoms with Crippen LogP contribution in [-0.4, -0.2) is 48.1 Å². The summed E-state index contributed by atoms with van der Waals surface area (Å²) in [7, 11) is 0. The predicted molar refractivity (Wildman–Crippen MR) is 98.2 cm³/mol. The van der Waals surface area contributed by atoms with Crippen LogP contribution in [0, 0.1) is 6.92 Å². The van der Waals surface area contributed by atoms with Gasteiger partial charge < -0.3 is 14.6 Å². The molecule has 0 saturated carbocycles. The number of benzene rings is 1. The van der Waals surface area contributed by atoms with Gasteiger partial charge in [0.15, 0.2) is 0 Å². The van der Waals surface area contributed by atoms with Crippen molar-refractivity contribution in [1.82, 2.24) is 9.88 Å². The van der Waals surface area contributed by atoms with Gasteiger partial charge in [-0.15, -0.1) is 0 Å². The molecule has 2 heterocycles. The lowest BCUT2D eigenvalue weighted by Gasteiger charge is -2.20. The maximum atomic E-state index is 12.8. The van der Waals surface area contributed by atoms with E-state index in [1.54, 1.807) is 13.8 Å². The van der Waals surface area contributed by atoms with Gasteiger partial charge in [0.05, 0.1) is 6.61 Å². The number of carbonyl (C=O) groups is 2.